The van der Waals surface area contributed by atoms with Gasteiger partial charge in [0.1, 0.15) is 0 Å². The van der Waals surface area contributed by atoms with Crippen molar-refractivity contribution in [2.45, 2.75) is 20.4 Å². The second-order valence-electron chi connectivity index (χ2n) is 5.72. The van der Waals surface area contributed by atoms with Crippen molar-refractivity contribution in [3.8, 4) is 0 Å². The lowest BCUT2D eigenvalue weighted by Crippen LogP contribution is -2.32. The molecule has 7 heteroatoms. The highest BCUT2D eigenvalue weighted by molar-refractivity contribution is 6.02. The molecule has 0 aliphatic carbocycles. The summed E-state index contributed by atoms with van der Waals surface area (Å²) in [5.74, 6) is -0.287. The molecule has 0 aliphatic rings. The van der Waals surface area contributed by atoms with E-state index >= 15 is 0 Å². The Balaban J connectivity index is 1.91. The Bertz CT molecular complexity index is 916. The lowest BCUT2D eigenvalue weighted by molar-refractivity contribution is 0.0760. The van der Waals surface area contributed by atoms with Crippen LogP contribution < -0.4 is 5.32 Å². The average Bonchev–Trinajstić information content (AvgIpc) is 3.07. The van der Waals surface area contributed by atoms with Gasteiger partial charge < -0.3 is 10.2 Å². The molecule has 0 saturated heterocycles. The highest BCUT2D eigenvalue weighted by Gasteiger charge is 2.23. The van der Waals surface area contributed by atoms with E-state index in [0.717, 1.165) is 5.69 Å². The first-order chi connectivity index (χ1) is 12.7. The third-order valence-electron chi connectivity index (χ3n) is 4.16. The van der Waals surface area contributed by atoms with E-state index in [-0.39, 0.29) is 23.3 Å². The van der Waals surface area contributed by atoms with Gasteiger partial charge >= 0.3 is 0 Å². The number of rotatable bonds is 6. The van der Waals surface area contributed by atoms with Crippen LogP contribution in [0.5, 0.6) is 0 Å². The van der Waals surface area contributed by atoms with Crippen molar-refractivity contribution in [3.63, 3.8) is 0 Å². The normalized spacial score (nSPS) is 10.7. The van der Waals surface area contributed by atoms with Crippen molar-refractivity contribution in [1.29, 1.82) is 0 Å². The van der Waals surface area contributed by atoms with E-state index < -0.39 is 0 Å². The first-order valence-corrected chi connectivity index (χ1v) is 8.60. The summed E-state index contributed by atoms with van der Waals surface area (Å²) >= 11 is 0. The van der Waals surface area contributed by atoms with E-state index in [1.807, 2.05) is 44.2 Å². The predicted octanol–water partition coefficient (Wildman–Crippen LogP) is 2.14. The van der Waals surface area contributed by atoms with Gasteiger partial charge in [-0.3, -0.25) is 19.0 Å². The minimum Gasteiger partial charge on any atom is -0.345 e. The summed E-state index contributed by atoms with van der Waals surface area (Å²) in [5, 5.41) is 2.81. The Hall–Kier alpha value is -3.22. The zero-order valence-corrected chi connectivity index (χ0v) is 14.8. The first kappa shape index (κ1) is 17.6. The first-order valence-electron chi connectivity index (χ1n) is 8.60. The van der Waals surface area contributed by atoms with Crippen LogP contribution in [-0.2, 0) is 6.54 Å². The maximum absolute atomic E-state index is 12.7. The highest BCUT2D eigenvalue weighted by Crippen LogP contribution is 2.15. The monoisotopic (exact) mass is 351 g/mol. The molecule has 0 aromatic carbocycles. The third kappa shape index (κ3) is 3.42. The lowest BCUT2D eigenvalue weighted by Gasteiger charge is -2.17. The SMILES string of the molecule is CCN(CC)C(=O)c1nc(C(=O)NCc2ccccn2)c2ccccn12. The minimum atomic E-state index is -0.335. The Kier molecular flexibility index (Phi) is 5.26. The Labute approximate surface area is 151 Å². The summed E-state index contributed by atoms with van der Waals surface area (Å²) < 4.78 is 1.66. The van der Waals surface area contributed by atoms with Crippen molar-refractivity contribution in [3.05, 3.63) is 66.0 Å². The Morgan fingerprint density at radius 1 is 1.12 bits per heavy atom. The average molecular weight is 351 g/mol. The van der Waals surface area contributed by atoms with Crippen LogP contribution in [0.1, 0.15) is 40.6 Å². The molecule has 134 valence electrons. The van der Waals surface area contributed by atoms with Gasteiger partial charge in [-0.15, -0.1) is 0 Å². The zero-order valence-electron chi connectivity index (χ0n) is 14.8. The van der Waals surface area contributed by atoms with Gasteiger partial charge in [-0.1, -0.05) is 12.1 Å². The fraction of sp³-hybridized carbons (Fsp3) is 0.263. The molecule has 0 fully saturated rings. The minimum absolute atomic E-state index is 0.194. The molecule has 0 atom stereocenters. The zero-order chi connectivity index (χ0) is 18.5. The predicted molar refractivity (Wildman–Crippen MR) is 97.9 cm³/mol. The van der Waals surface area contributed by atoms with Gasteiger partial charge in [0.05, 0.1) is 17.8 Å². The number of hydrogen-bond donors (Lipinski definition) is 1. The largest absolute Gasteiger partial charge is 0.345 e. The number of carbonyl (C=O) groups is 2. The summed E-state index contributed by atoms with van der Waals surface area (Å²) in [6.07, 6.45) is 3.42. The van der Waals surface area contributed by atoms with E-state index in [0.29, 0.717) is 25.2 Å². The van der Waals surface area contributed by atoms with Gasteiger partial charge in [0.15, 0.2) is 5.69 Å². The fourth-order valence-electron chi connectivity index (χ4n) is 2.77. The molecular weight excluding hydrogens is 330 g/mol. The molecular formula is C19H21N5O2. The van der Waals surface area contributed by atoms with Crippen LogP contribution >= 0.6 is 0 Å². The smallest absolute Gasteiger partial charge is 0.290 e. The molecule has 0 bridgehead atoms. The summed E-state index contributed by atoms with van der Waals surface area (Å²) in [6.45, 7) is 5.29. The second-order valence-corrected chi connectivity index (χ2v) is 5.72. The van der Waals surface area contributed by atoms with Crippen LogP contribution in [0.25, 0.3) is 5.52 Å². The molecule has 3 aromatic heterocycles. The van der Waals surface area contributed by atoms with Gasteiger partial charge in [0.2, 0.25) is 5.82 Å². The molecule has 7 nitrogen and oxygen atoms in total. The molecule has 3 heterocycles. The summed E-state index contributed by atoms with van der Waals surface area (Å²) in [5.41, 5.74) is 1.59. The van der Waals surface area contributed by atoms with Crippen LogP contribution in [0, 0.1) is 0 Å². The third-order valence-corrected chi connectivity index (χ3v) is 4.16. The van der Waals surface area contributed by atoms with Crippen LogP contribution in [0.4, 0.5) is 0 Å². The maximum Gasteiger partial charge on any atom is 0.290 e. The molecule has 0 aliphatic heterocycles. The molecule has 0 spiro atoms. The van der Waals surface area contributed by atoms with E-state index in [9.17, 15) is 9.59 Å². The quantitative estimate of drug-likeness (QED) is 0.738. The molecule has 2 amide bonds. The summed E-state index contributed by atoms with van der Waals surface area (Å²) in [7, 11) is 0. The molecule has 26 heavy (non-hydrogen) atoms. The second kappa shape index (κ2) is 7.77. The van der Waals surface area contributed by atoms with Gasteiger partial charge in [-0.2, -0.15) is 0 Å². The van der Waals surface area contributed by atoms with Crippen LogP contribution in [0.3, 0.4) is 0 Å². The number of imidazole rings is 1. The maximum atomic E-state index is 12.7. The van der Waals surface area contributed by atoms with Gasteiger partial charge in [0.25, 0.3) is 11.8 Å². The lowest BCUT2D eigenvalue weighted by atomic mass is 10.3. The van der Waals surface area contributed by atoms with Gasteiger partial charge in [-0.05, 0) is 38.1 Å². The number of pyridine rings is 2. The van der Waals surface area contributed by atoms with E-state index in [4.69, 9.17) is 0 Å². The Morgan fingerprint density at radius 3 is 2.58 bits per heavy atom. The van der Waals surface area contributed by atoms with Crippen molar-refractivity contribution in [1.82, 2.24) is 24.6 Å². The number of hydrogen-bond acceptors (Lipinski definition) is 4. The van der Waals surface area contributed by atoms with Crippen LogP contribution in [0.15, 0.2) is 48.8 Å². The molecule has 1 N–H and O–H groups in total. The molecule has 0 unspecified atom stereocenters. The van der Waals surface area contributed by atoms with Crippen molar-refractivity contribution in [2.75, 3.05) is 13.1 Å². The summed E-state index contributed by atoms with van der Waals surface area (Å²) in [4.78, 5) is 35.6. The van der Waals surface area contributed by atoms with Crippen molar-refractivity contribution >= 4 is 17.3 Å². The van der Waals surface area contributed by atoms with Crippen molar-refractivity contribution < 1.29 is 9.59 Å². The van der Waals surface area contributed by atoms with Crippen LogP contribution in [0.2, 0.25) is 0 Å². The van der Waals surface area contributed by atoms with E-state index in [1.165, 1.54) is 0 Å². The van der Waals surface area contributed by atoms with Gasteiger partial charge in [-0.25, -0.2) is 4.98 Å². The number of aromatic nitrogens is 3. The van der Waals surface area contributed by atoms with Crippen molar-refractivity contribution in [2.24, 2.45) is 0 Å². The molecule has 3 aromatic rings. The fourth-order valence-corrected chi connectivity index (χ4v) is 2.77. The number of amides is 2. The number of carbonyl (C=O) groups excluding carboxylic acids is 2. The van der Waals surface area contributed by atoms with E-state index in [1.54, 1.807) is 27.8 Å². The van der Waals surface area contributed by atoms with Gasteiger partial charge in [0, 0.05) is 25.5 Å². The summed E-state index contributed by atoms with van der Waals surface area (Å²) in [6, 6.07) is 10.9. The highest BCUT2D eigenvalue weighted by atomic mass is 16.2. The standard InChI is InChI=1S/C19H21N5O2/c1-3-23(4-2)19(26)17-22-16(15-10-6-8-12-24(15)17)18(25)21-13-14-9-5-7-11-20-14/h5-12H,3-4,13H2,1-2H3,(H,21,25). The Morgan fingerprint density at radius 2 is 1.88 bits per heavy atom. The van der Waals surface area contributed by atoms with E-state index in [2.05, 4.69) is 15.3 Å². The number of fused-ring (bicyclic) bond motifs is 1. The van der Waals surface area contributed by atoms with Crippen LogP contribution in [-0.4, -0.2) is 44.2 Å². The number of nitrogens with one attached hydrogen (secondary N) is 1. The topological polar surface area (TPSA) is 79.6 Å². The molecule has 0 radical (unpaired) electrons. The molecule has 0 saturated carbocycles. The molecule has 3 rings (SSSR count). The number of nitrogens with zero attached hydrogens (tertiary/aromatic N) is 4.